The van der Waals surface area contributed by atoms with E-state index in [0.717, 1.165) is 28.7 Å². The van der Waals surface area contributed by atoms with Gasteiger partial charge >= 0.3 is 0 Å². The molecule has 32 heavy (non-hydrogen) atoms. The summed E-state index contributed by atoms with van der Waals surface area (Å²) in [4.78, 5) is 39.4. The highest BCUT2D eigenvalue weighted by Gasteiger charge is 2.39. The van der Waals surface area contributed by atoms with Gasteiger partial charge in [0.1, 0.15) is 6.04 Å². The van der Waals surface area contributed by atoms with Crippen molar-refractivity contribution < 1.29 is 14.4 Å². The lowest BCUT2D eigenvalue weighted by Crippen LogP contribution is -2.52. The van der Waals surface area contributed by atoms with E-state index in [1.54, 1.807) is 4.90 Å². The molecule has 1 aliphatic carbocycles. The minimum atomic E-state index is -0.549. The first-order valence-corrected chi connectivity index (χ1v) is 13.2. The summed E-state index contributed by atoms with van der Waals surface area (Å²) < 4.78 is 0. The third-order valence-corrected chi connectivity index (χ3v) is 8.10. The Labute approximate surface area is 195 Å². The molecule has 0 aromatic heterocycles. The molecule has 4 rings (SSSR count). The largest absolute Gasteiger partial charge is 0.322 e. The Kier molecular flexibility index (Phi) is 7.89. The lowest BCUT2D eigenvalue weighted by Gasteiger charge is -2.29. The van der Waals surface area contributed by atoms with Crippen LogP contribution in [0.1, 0.15) is 80.6 Å². The van der Waals surface area contributed by atoms with Crippen LogP contribution in [0.25, 0.3) is 0 Å². The summed E-state index contributed by atoms with van der Waals surface area (Å²) in [5, 5.41) is 6.02. The fraction of sp³-hybridized carbons (Fsp3) is 0.640. The smallest absolute Gasteiger partial charge is 0.255 e. The van der Waals surface area contributed by atoms with Gasteiger partial charge in [-0.25, -0.2) is 0 Å². The van der Waals surface area contributed by atoms with Crippen LogP contribution in [-0.2, 0) is 16.1 Å². The lowest BCUT2D eigenvalue weighted by molar-refractivity contribution is -0.136. The van der Waals surface area contributed by atoms with Gasteiger partial charge in [0.25, 0.3) is 5.91 Å². The summed E-state index contributed by atoms with van der Waals surface area (Å²) in [5.74, 6) is 1.27. The average molecular weight is 458 g/mol. The van der Waals surface area contributed by atoms with Crippen LogP contribution in [0.4, 0.5) is 0 Å². The molecule has 2 atom stereocenters. The van der Waals surface area contributed by atoms with Crippen molar-refractivity contribution in [3.63, 3.8) is 0 Å². The van der Waals surface area contributed by atoms with E-state index in [4.69, 9.17) is 0 Å². The molecule has 2 fully saturated rings. The second-order valence-corrected chi connectivity index (χ2v) is 10.5. The zero-order valence-corrected chi connectivity index (χ0v) is 19.8. The maximum atomic E-state index is 12.9. The zero-order valence-electron chi connectivity index (χ0n) is 19.0. The van der Waals surface area contributed by atoms with Crippen LogP contribution in [0.3, 0.4) is 0 Å². The first-order chi connectivity index (χ1) is 15.5. The topological polar surface area (TPSA) is 78.5 Å². The van der Waals surface area contributed by atoms with Gasteiger partial charge in [-0.2, -0.15) is 0 Å². The molecule has 0 spiro atoms. The minimum Gasteiger partial charge on any atom is -0.322 e. The predicted octanol–water partition coefficient (Wildman–Crippen LogP) is 3.88. The van der Waals surface area contributed by atoms with Gasteiger partial charge in [-0.1, -0.05) is 25.3 Å². The Hall–Kier alpha value is -1.86. The Morgan fingerprint density at radius 2 is 1.88 bits per heavy atom. The summed E-state index contributed by atoms with van der Waals surface area (Å²) >= 11 is 1.81. The van der Waals surface area contributed by atoms with Crippen LogP contribution in [-0.4, -0.2) is 47.0 Å². The molecule has 2 unspecified atom stereocenters. The number of unbranched alkanes of at least 4 members (excludes halogenated alkanes) is 4. The number of thioether (sulfide) groups is 1. The Morgan fingerprint density at radius 3 is 2.66 bits per heavy atom. The maximum absolute atomic E-state index is 12.9. The second kappa shape index (κ2) is 10.8. The van der Waals surface area contributed by atoms with Crippen LogP contribution >= 0.6 is 11.8 Å². The molecule has 1 saturated carbocycles. The number of hydrogen-bond acceptors (Lipinski definition) is 5. The van der Waals surface area contributed by atoms with Crippen molar-refractivity contribution in [1.29, 1.82) is 0 Å². The van der Waals surface area contributed by atoms with E-state index < -0.39 is 6.04 Å². The molecule has 2 heterocycles. The number of rotatable bonds is 12. The van der Waals surface area contributed by atoms with E-state index in [2.05, 4.69) is 23.6 Å². The average Bonchev–Trinajstić information content (AvgIpc) is 3.57. The van der Waals surface area contributed by atoms with Crippen LogP contribution < -0.4 is 10.6 Å². The van der Waals surface area contributed by atoms with Crippen molar-refractivity contribution in [1.82, 2.24) is 15.5 Å². The Balaban J connectivity index is 1.17. The van der Waals surface area contributed by atoms with Crippen molar-refractivity contribution >= 4 is 29.5 Å². The van der Waals surface area contributed by atoms with E-state index in [1.807, 2.05) is 23.9 Å². The SMILES string of the molecule is CC(NCCCCCCCSc1cccc2c1CN(C1CCC(=O)NC1=O)C2=O)C1CC1. The molecule has 2 aliphatic heterocycles. The van der Waals surface area contributed by atoms with Crippen molar-refractivity contribution in [3.05, 3.63) is 29.3 Å². The lowest BCUT2D eigenvalue weighted by atomic mass is 10.0. The highest BCUT2D eigenvalue weighted by atomic mass is 32.2. The normalized spacial score (nSPS) is 21.6. The molecule has 0 bridgehead atoms. The van der Waals surface area contributed by atoms with Crippen molar-refractivity contribution in [2.24, 2.45) is 5.92 Å². The molecule has 174 valence electrons. The molecular weight excluding hydrogens is 422 g/mol. The van der Waals surface area contributed by atoms with Crippen LogP contribution in [0.5, 0.6) is 0 Å². The maximum Gasteiger partial charge on any atom is 0.255 e. The summed E-state index contributed by atoms with van der Waals surface area (Å²) in [6.07, 6.45) is 9.72. The van der Waals surface area contributed by atoms with Gasteiger partial charge in [-0.3, -0.25) is 19.7 Å². The molecule has 3 amide bonds. The predicted molar refractivity (Wildman–Crippen MR) is 126 cm³/mol. The summed E-state index contributed by atoms with van der Waals surface area (Å²) in [5.41, 5.74) is 1.73. The van der Waals surface area contributed by atoms with Crippen LogP contribution in [0.15, 0.2) is 23.1 Å². The molecule has 6 nitrogen and oxygen atoms in total. The number of nitrogens with zero attached hydrogens (tertiary/aromatic N) is 1. The second-order valence-electron chi connectivity index (χ2n) is 9.38. The number of amides is 3. The van der Waals surface area contributed by atoms with Gasteiger partial charge in [-0.05, 0) is 74.9 Å². The highest BCUT2D eigenvalue weighted by molar-refractivity contribution is 7.99. The molecule has 1 aromatic carbocycles. The minimum absolute atomic E-state index is 0.0958. The van der Waals surface area contributed by atoms with Gasteiger partial charge in [-0.15, -0.1) is 11.8 Å². The summed E-state index contributed by atoms with van der Waals surface area (Å²) in [6.45, 7) is 3.91. The van der Waals surface area contributed by atoms with E-state index in [-0.39, 0.29) is 24.1 Å². The fourth-order valence-corrected chi connectivity index (χ4v) is 5.82. The van der Waals surface area contributed by atoms with Gasteiger partial charge in [0.05, 0.1) is 0 Å². The van der Waals surface area contributed by atoms with E-state index in [1.165, 1.54) is 44.9 Å². The first kappa shape index (κ1) is 23.3. The Morgan fingerprint density at radius 1 is 1.09 bits per heavy atom. The number of benzene rings is 1. The summed E-state index contributed by atoms with van der Waals surface area (Å²) in [6, 6.07) is 6.01. The van der Waals surface area contributed by atoms with E-state index in [9.17, 15) is 14.4 Å². The number of carbonyl (C=O) groups excluding carboxylic acids is 3. The molecule has 2 N–H and O–H groups in total. The number of fused-ring (bicyclic) bond motifs is 1. The fourth-order valence-electron chi connectivity index (χ4n) is 4.72. The molecule has 1 saturated heterocycles. The van der Waals surface area contributed by atoms with Gasteiger partial charge < -0.3 is 10.2 Å². The standard InChI is InChI=1S/C25H35N3O3S/c1-17(18-10-11-18)26-14-5-3-2-4-6-15-32-22-9-7-8-19-20(22)16-28(25(19)31)21-12-13-23(29)27-24(21)30/h7-9,17-18,21,26H,2-6,10-16H2,1H3,(H,27,29,30). The third-order valence-electron chi connectivity index (χ3n) is 6.91. The number of hydrogen-bond donors (Lipinski definition) is 2. The van der Waals surface area contributed by atoms with E-state index in [0.29, 0.717) is 24.6 Å². The van der Waals surface area contributed by atoms with Crippen LogP contribution in [0, 0.1) is 5.92 Å². The van der Waals surface area contributed by atoms with Crippen molar-refractivity contribution in [3.8, 4) is 0 Å². The first-order valence-electron chi connectivity index (χ1n) is 12.2. The molecule has 3 aliphatic rings. The van der Waals surface area contributed by atoms with Gasteiger partial charge in [0.2, 0.25) is 11.8 Å². The van der Waals surface area contributed by atoms with E-state index >= 15 is 0 Å². The van der Waals surface area contributed by atoms with Gasteiger partial charge in [0, 0.05) is 29.5 Å². The number of piperidine rings is 1. The Bertz CT molecular complexity index is 855. The molecule has 1 aromatic rings. The van der Waals surface area contributed by atoms with Crippen molar-refractivity contribution in [2.45, 2.75) is 88.2 Å². The third kappa shape index (κ3) is 5.73. The van der Waals surface area contributed by atoms with Crippen molar-refractivity contribution in [2.75, 3.05) is 12.3 Å². The van der Waals surface area contributed by atoms with Gasteiger partial charge in [0.15, 0.2) is 0 Å². The number of nitrogens with one attached hydrogen (secondary N) is 2. The highest BCUT2D eigenvalue weighted by Crippen LogP contribution is 2.35. The summed E-state index contributed by atoms with van der Waals surface area (Å²) in [7, 11) is 0. The molecular formula is C25H35N3O3S. The number of imide groups is 1. The molecule has 7 heteroatoms. The van der Waals surface area contributed by atoms with Crippen LogP contribution in [0.2, 0.25) is 0 Å². The zero-order chi connectivity index (χ0) is 22.5. The molecule has 0 radical (unpaired) electrons. The number of carbonyl (C=O) groups is 3. The quantitative estimate of drug-likeness (QED) is 0.283. The monoisotopic (exact) mass is 457 g/mol.